The van der Waals surface area contributed by atoms with Gasteiger partial charge in [0.1, 0.15) is 0 Å². The van der Waals surface area contributed by atoms with Crippen LogP contribution in [0.15, 0.2) is 30.3 Å². The fourth-order valence-electron chi connectivity index (χ4n) is 1.41. The molecule has 1 aromatic carbocycles. The second-order valence-corrected chi connectivity index (χ2v) is 3.82. The minimum Gasteiger partial charge on any atom is -0.384 e. The van der Waals surface area contributed by atoms with Gasteiger partial charge in [-0.05, 0) is 25.5 Å². The molecule has 14 heavy (non-hydrogen) atoms. The van der Waals surface area contributed by atoms with Gasteiger partial charge in [-0.2, -0.15) is 0 Å². The summed E-state index contributed by atoms with van der Waals surface area (Å²) >= 11 is 0. The summed E-state index contributed by atoms with van der Waals surface area (Å²) in [4.78, 5) is 0. The largest absolute Gasteiger partial charge is 0.384 e. The number of hydrogen-bond donors (Lipinski definition) is 2. The number of aliphatic hydroxyl groups is 1. The zero-order chi connectivity index (χ0) is 10.4. The summed E-state index contributed by atoms with van der Waals surface area (Å²) in [5, 5.41) is 13.4. The smallest absolute Gasteiger partial charge is 0.0992 e. The molecule has 0 amide bonds. The molecule has 0 spiro atoms. The first-order valence-corrected chi connectivity index (χ1v) is 5.15. The Morgan fingerprint density at radius 2 is 1.93 bits per heavy atom. The summed E-state index contributed by atoms with van der Waals surface area (Å²) in [6.07, 6.45) is 1.09. The van der Waals surface area contributed by atoms with Crippen LogP contribution in [0.25, 0.3) is 0 Å². The first kappa shape index (κ1) is 11.2. The Labute approximate surface area is 86.0 Å². The van der Waals surface area contributed by atoms with E-state index in [1.807, 2.05) is 37.3 Å². The molecule has 0 aromatic heterocycles. The van der Waals surface area contributed by atoms with Crippen LogP contribution in [-0.4, -0.2) is 18.2 Å². The molecule has 1 unspecified atom stereocenters. The first-order valence-electron chi connectivity index (χ1n) is 5.15. The van der Waals surface area contributed by atoms with Crippen LogP contribution in [0.2, 0.25) is 0 Å². The molecule has 2 N–H and O–H groups in total. The van der Waals surface area contributed by atoms with Gasteiger partial charge in [-0.1, -0.05) is 37.3 Å². The van der Waals surface area contributed by atoms with Gasteiger partial charge in [-0.15, -0.1) is 0 Å². The van der Waals surface area contributed by atoms with Crippen molar-refractivity contribution in [3.05, 3.63) is 35.9 Å². The van der Waals surface area contributed by atoms with Gasteiger partial charge in [-0.25, -0.2) is 0 Å². The predicted octanol–water partition coefficient (Wildman–Crippen LogP) is 1.89. The normalized spacial score (nSPS) is 15.1. The van der Waals surface area contributed by atoms with E-state index < -0.39 is 5.60 Å². The molecule has 0 bridgehead atoms. The fourth-order valence-corrected chi connectivity index (χ4v) is 1.41. The van der Waals surface area contributed by atoms with Crippen LogP contribution in [0.5, 0.6) is 0 Å². The van der Waals surface area contributed by atoms with Crippen LogP contribution in [0.4, 0.5) is 0 Å². The van der Waals surface area contributed by atoms with Crippen molar-refractivity contribution in [3.63, 3.8) is 0 Å². The van der Waals surface area contributed by atoms with Crippen molar-refractivity contribution in [2.75, 3.05) is 13.1 Å². The zero-order valence-corrected chi connectivity index (χ0v) is 8.96. The topological polar surface area (TPSA) is 32.3 Å². The van der Waals surface area contributed by atoms with E-state index in [-0.39, 0.29) is 0 Å². The van der Waals surface area contributed by atoms with E-state index in [0.717, 1.165) is 18.5 Å². The van der Waals surface area contributed by atoms with E-state index in [0.29, 0.717) is 6.54 Å². The van der Waals surface area contributed by atoms with Crippen molar-refractivity contribution in [1.29, 1.82) is 0 Å². The summed E-state index contributed by atoms with van der Waals surface area (Å²) in [5.41, 5.74) is 0.194. The molecule has 1 atom stereocenters. The Morgan fingerprint density at radius 3 is 2.50 bits per heavy atom. The number of nitrogens with one attached hydrogen (secondary N) is 1. The van der Waals surface area contributed by atoms with E-state index in [1.54, 1.807) is 0 Å². The quantitative estimate of drug-likeness (QED) is 0.700. The van der Waals surface area contributed by atoms with Crippen LogP contribution in [0, 0.1) is 0 Å². The second kappa shape index (κ2) is 5.13. The van der Waals surface area contributed by atoms with Gasteiger partial charge in [0.2, 0.25) is 0 Å². The van der Waals surface area contributed by atoms with Gasteiger partial charge in [0.15, 0.2) is 0 Å². The maximum absolute atomic E-state index is 10.1. The highest BCUT2D eigenvalue weighted by Gasteiger charge is 2.21. The molecule has 2 nitrogen and oxygen atoms in total. The summed E-state index contributed by atoms with van der Waals surface area (Å²) < 4.78 is 0. The summed E-state index contributed by atoms with van der Waals surface area (Å²) in [6.45, 7) is 5.50. The fraction of sp³-hybridized carbons (Fsp3) is 0.500. The Hall–Kier alpha value is -0.860. The monoisotopic (exact) mass is 193 g/mol. The van der Waals surface area contributed by atoms with Gasteiger partial charge in [-0.3, -0.25) is 0 Å². The third-order valence-corrected chi connectivity index (χ3v) is 2.29. The van der Waals surface area contributed by atoms with E-state index in [2.05, 4.69) is 12.2 Å². The molecule has 0 aliphatic carbocycles. The molecule has 0 radical (unpaired) electrons. The Morgan fingerprint density at radius 1 is 1.29 bits per heavy atom. The van der Waals surface area contributed by atoms with Crippen molar-refractivity contribution < 1.29 is 5.11 Å². The van der Waals surface area contributed by atoms with Crippen molar-refractivity contribution in [2.24, 2.45) is 0 Å². The van der Waals surface area contributed by atoms with Crippen molar-refractivity contribution in [3.8, 4) is 0 Å². The van der Waals surface area contributed by atoms with Crippen molar-refractivity contribution >= 4 is 0 Å². The van der Waals surface area contributed by atoms with Gasteiger partial charge >= 0.3 is 0 Å². The molecule has 0 saturated heterocycles. The Kier molecular flexibility index (Phi) is 4.11. The molecule has 0 aliphatic rings. The highest BCUT2D eigenvalue weighted by Crippen LogP contribution is 2.18. The molecule has 2 heteroatoms. The highest BCUT2D eigenvalue weighted by molar-refractivity contribution is 5.21. The van der Waals surface area contributed by atoms with Crippen LogP contribution in [0.3, 0.4) is 0 Å². The van der Waals surface area contributed by atoms with Gasteiger partial charge in [0.25, 0.3) is 0 Å². The molecule has 0 aliphatic heterocycles. The van der Waals surface area contributed by atoms with Crippen molar-refractivity contribution in [2.45, 2.75) is 25.9 Å². The first-order chi connectivity index (χ1) is 6.67. The zero-order valence-electron chi connectivity index (χ0n) is 8.96. The van der Waals surface area contributed by atoms with Crippen LogP contribution < -0.4 is 5.32 Å². The number of hydrogen-bond acceptors (Lipinski definition) is 2. The maximum Gasteiger partial charge on any atom is 0.0992 e. The number of benzene rings is 1. The molecular formula is C12H19NO. The lowest BCUT2D eigenvalue weighted by Crippen LogP contribution is -2.35. The third kappa shape index (κ3) is 3.13. The summed E-state index contributed by atoms with van der Waals surface area (Å²) in [7, 11) is 0. The average molecular weight is 193 g/mol. The molecule has 0 fully saturated rings. The molecular weight excluding hydrogens is 174 g/mol. The number of rotatable bonds is 5. The lowest BCUT2D eigenvalue weighted by atomic mass is 9.96. The standard InChI is InChI=1S/C12H19NO/c1-3-9-13-10-12(2,14)11-7-5-4-6-8-11/h4-8,13-14H,3,9-10H2,1-2H3. The molecule has 0 saturated carbocycles. The predicted molar refractivity (Wildman–Crippen MR) is 59.2 cm³/mol. The highest BCUT2D eigenvalue weighted by atomic mass is 16.3. The van der Waals surface area contributed by atoms with Gasteiger partial charge in [0, 0.05) is 6.54 Å². The van der Waals surface area contributed by atoms with Gasteiger partial charge in [0.05, 0.1) is 5.60 Å². The van der Waals surface area contributed by atoms with Crippen LogP contribution in [0.1, 0.15) is 25.8 Å². The second-order valence-electron chi connectivity index (χ2n) is 3.82. The minimum atomic E-state index is -0.767. The summed E-state index contributed by atoms with van der Waals surface area (Å²) in [6, 6.07) is 9.76. The molecule has 78 valence electrons. The van der Waals surface area contributed by atoms with E-state index in [1.165, 1.54) is 0 Å². The SMILES string of the molecule is CCCNCC(C)(O)c1ccccc1. The Balaban J connectivity index is 2.56. The maximum atomic E-state index is 10.1. The van der Waals surface area contributed by atoms with Gasteiger partial charge < -0.3 is 10.4 Å². The Bertz CT molecular complexity index is 256. The molecule has 1 rings (SSSR count). The lowest BCUT2D eigenvalue weighted by Gasteiger charge is -2.24. The lowest BCUT2D eigenvalue weighted by molar-refractivity contribution is 0.0572. The van der Waals surface area contributed by atoms with Crippen molar-refractivity contribution in [1.82, 2.24) is 5.32 Å². The summed E-state index contributed by atoms with van der Waals surface area (Å²) in [5.74, 6) is 0. The van der Waals surface area contributed by atoms with E-state index >= 15 is 0 Å². The van der Waals surface area contributed by atoms with Crippen LogP contribution in [-0.2, 0) is 5.60 Å². The molecule has 1 aromatic rings. The molecule has 0 heterocycles. The minimum absolute atomic E-state index is 0.602. The third-order valence-electron chi connectivity index (χ3n) is 2.29. The van der Waals surface area contributed by atoms with E-state index in [4.69, 9.17) is 0 Å². The van der Waals surface area contributed by atoms with Crippen LogP contribution >= 0.6 is 0 Å². The van der Waals surface area contributed by atoms with E-state index in [9.17, 15) is 5.11 Å². The average Bonchev–Trinajstić information content (AvgIpc) is 2.19.